The molecule has 0 fully saturated rings. The Kier molecular flexibility index (Phi) is 3.96. The predicted octanol–water partition coefficient (Wildman–Crippen LogP) is 2.61. The van der Waals surface area contributed by atoms with E-state index in [-0.39, 0.29) is 17.2 Å². The molecule has 2 aromatic rings. The van der Waals surface area contributed by atoms with Crippen LogP contribution in [0.5, 0.6) is 5.75 Å². The Morgan fingerprint density at radius 1 is 1.17 bits per heavy atom. The lowest BCUT2D eigenvalue weighted by molar-refractivity contribution is -0.115. The van der Waals surface area contributed by atoms with Gasteiger partial charge in [-0.2, -0.15) is 0 Å². The minimum atomic E-state index is -3.79. The molecule has 0 aliphatic carbocycles. The first-order valence-corrected chi connectivity index (χ1v) is 8.89. The van der Waals surface area contributed by atoms with Crippen molar-refractivity contribution < 1.29 is 17.9 Å². The first-order valence-electron chi connectivity index (χ1n) is 7.41. The molecule has 24 heavy (non-hydrogen) atoms. The van der Waals surface area contributed by atoms with Crippen LogP contribution in [-0.4, -0.2) is 21.4 Å². The van der Waals surface area contributed by atoms with Gasteiger partial charge in [0.25, 0.3) is 10.0 Å². The van der Waals surface area contributed by atoms with E-state index in [1.807, 2.05) is 19.9 Å². The molecule has 2 N–H and O–H groups in total. The fourth-order valence-corrected chi connectivity index (χ4v) is 3.98. The minimum Gasteiger partial charge on any atom is -0.495 e. The van der Waals surface area contributed by atoms with Crippen molar-refractivity contribution in [2.24, 2.45) is 0 Å². The summed E-state index contributed by atoms with van der Waals surface area (Å²) >= 11 is 0. The van der Waals surface area contributed by atoms with E-state index >= 15 is 0 Å². The van der Waals surface area contributed by atoms with E-state index < -0.39 is 10.0 Å². The van der Waals surface area contributed by atoms with Crippen molar-refractivity contribution in [3.63, 3.8) is 0 Å². The first kappa shape index (κ1) is 16.3. The topological polar surface area (TPSA) is 84.5 Å². The van der Waals surface area contributed by atoms with Crippen molar-refractivity contribution in [2.75, 3.05) is 17.1 Å². The molecule has 0 unspecified atom stereocenters. The van der Waals surface area contributed by atoms with Gasteiger partial charge in [-0.1, -0.05) is 6.07 Å². The fraction of sp³-hybridized carbons (Fsp3) is 0.235. The number of benzene rings is 2. The van der Waals surface area contributed by atoms with Crippen LogP contribution in [0.1, 0.15) is 16.7 Å². The molecule has 0 radical (unpaired) electrons. The molecule has 0 spiro atoms. The normalized spacial score (nSPS) is 13.4. The zero-order chi connectivity index (χ0) is 17.5. The molecule has 1 aliphatic heterocycles. The molecule has 0 aromatic heterocycles. The number of hydrogen-bond acceptors (Lipinski definition) is 4. The lowest BCUT2D eigenvalue weighted by Crippen LogP contribution is -2.15. The number of carbonyl (C=O) groups excluding carboxylic acids is 1. The Bertz CT molecular complexity index is 936. The molecule has 1 heterocycles. The van der Waals surface area contributed by atoms with Crippen molar-refractivity contribution in [1.82, 2.24) is 0 Å². The van der Waals surface area contributed by atoms with Gasteiger partial charge in [-0.15, -0.1) is 0 Å². The summed E-state index contributed by atoms with van der Waals surface area (Å²) in [5.74, 6) is 0.331. The maximum Gasteiger partial charge on any atom is 0.262 e. The van der Waals surface area contributed by atoms with Gasteiger partial charge in [-0.3, -0.25) is 9.52 Å². The van der Waals surface area contributed by atoms with Crippen molar-refractivity contribution >= 4 is 27.3 Å². The molecule has 6 nitrogen and oxygen atoms in total. The molecule has 0 saturated carbocycles. The van der Waals surface area contributed by atoms with Crippen LogP contribution in [0.4, 0.5) is 11.4 Å². The SMILES string of the molecule is COc1cc(C)cc(C)c1NS(=O)(=O)c1ccc2c(c1)CC(=O)N2. The Morgan fingerprint density at radius 3 is 2.62 bits per heavy atom. The molecule has 3 rings (SSSR count). The van der Waals surface area contributed by atoms with Crippen LogP contribution in [0, 0.1) is 13.8 Å². The monoisotopic (exact) mass is 346 g/mol. The van der Waals surface area contributed by atoms with Gasteiger partial charge in [-0.25, -0.2) is 8.42 Å². The maximum atomic E-state index is 12.7. The number of nitrogens with one attached hydrogen (secondary N) is 2. The van der Waals surface area contributed by atoms with Crippen molar-refractivity contribution in [1.29, 1.82) is 0 Å². The van der Waals surface area contributed by atoms with E-state index in [1.165, 1.54) is 19.2 Å². The molecule has 1 aliphatic rings. The van der Waals surface area contributed by atoms with Crippen LogP contribution in [0.3, 0.4) is 0 Å². The third-order valence-corrected chi connectivity index (χ3v) is 5.26. The summed E-state index contributed by atoms with van der Waals surface area (Å²) in [5, 5.41) is 2.69. The highest BCUT2D eigenvalue weighted by Crippen LogP contribution is 2.33. The average molecular weight is 346 g/mol. The molecule has 126 valence electrons. The fourth-order valence-electron chi connectivity index (χ4n) is 2.79. The van der Waals surface area contributed by atoms with E-state index in [0.29, 0.717) is 22.7 Å². The number of sulfonamides is 1. The number of methoxy groups -OCH3 is 1. The molecule has 2 aromatic carbocycles. The minimum absolute atomic E-state index is 0.111. The van der Waals surface area contributed by atoms with Gasteiger partial charge in [0.1, 0.15) is 5.75 Å². The standard InChI is InChI=1S/C17H18N2O4S/c1-10-6-11(2)17(15(7-10)23-3)19-24(21,22)13-4-5-14-12(8-13)9-16(20)18-14/h4-8,19H,9H2,1-3H3,(H,18,20). The Labute approximate surface area is 140 Å². The summed E-state index contributed by atoms with van der Waals surface area (Å²) in [6.45, 7) is 3.73. The largest absolute Gasteiger partial charge is 0.495 e. The van der Waals surface area contributed by atoms with Gasteiger partial charge in [0, 0.05) is 5.69 Å². The maximum absolute atomic E-state index is 12.7. The number of aryl methyl sites for hydroxylation is 2. The van der Waals surface area contributed by atoms with E-state index in [9.17, 15) is 13.2 Å². The van der Waals surface area contributed by atoms with Crippen molar-refractivity contribution in [3.8, 4) is 5.75 Å². The molecule has 0 atom stereocenters. The van der Waals surface area contributed by atoms with Crippen LogP contribution >= 0.6 is 0 Å². The number of anilines is 2. The third-order valence-electron chi connectivity index (χ3n) is 3.91. The summed E-state index contributed by atoms with van der Waals surface area (Å²) in [5.41, 5.74) is 3.50. The number of rotatable bonds is 4. The number of ether oxygens (including phenoxy) is 1. The van der Waals surface area contributed by atoms with Gasteiger partial charge in [0.05, 0.1) is 24.1 Å². The third kappa shape index (κ3) is 2.94. The summed E-state index contributed by atoms with van der Waals surface area (Å²) in [6, 6.07) is 8.25. The highest BCUT2D eigenvalue weighted by Gasteiger charge is 2.23. The molecule has 7 heteroatoms. The zero-order valence-corrected chi connectivity index (χ0v) is 14.5. The van der Waals surface area contributed by atoms with E-state index in [4.69, 9.17) is 4.74 Å². The van der Waals surface area contributed by atoms with Crippen LogP contribution < -0.4 is 14.8 Å². The summed E-state index contributed by atoms with van der Waals surface area (Å²) in [6.07, 6.45) is 0.186. The highest BCUT2D eigenvalue weighted by molar-refractivity contribution is 7.92. The predicted molar refractivity (Wildman–Crippen MR) is 92.1 cm³/mol. The van der Waals surface area contributed by atoms with Gasteiger partial charge in [0.2, 0.25) is 5.91 Å². The van der Waals surface area contributed by atoms with Gasteiger partial charge >= 0.3 is 0 Å². The first-order chi connectivity index (χ1) is 11.3. The van der Waals surface area contributed by atoms with Gasteiger partial charge < -0.3 is 10.1 Å². The molecular formula is C17H18N2O4S. The number of carbonyl (C=O) groups is 1. The smallest absolute Gasteiger partial charge is 0.262 e. The van der Waals surface area contributed by atoms with Crippen LogP contribution in [0.15, 0.2) is 35.2 Å². The van der Waals surface area contributed by atoms with Gasteiger partial charge in [-0.05, 0) is 54.8 Å². The average Bonchev–Trinajstić information content (AvgIpc) is 2.88. The lowest BCUT2D eigenvalue weighted by Gasteiger charge is -2.15. The van der Waals surface area contributed by atoms with Crippen LogP contribution in [0.25, 0.3) is 0 Å². The number of fused-ring (bicyclic) bond motifs is 1. The molecular weight excluding hydrogens is 328 g/mol. The Hall–Kier alpha value is -2.54. The van der Waals surface area contributed by atoms with Crippen molar-refractivity contribution in [3.05, 3.63) is 47.0 Å². The molecule has 1 amide bonds. The quantitative estimate of drug-likeness (QED) is 0.891. The Balaban J connectivity index is 1.99. The summed E-state index contributed by atoms with van der Waals surface area (Å²) in [4.78, 5) is 11.5. The zero-order valence-electron chi connectivity index (χ0n) is 13.6. The van der Waals surface area contributed by atoms with Crippen LogP contribution in [0.2, 0.25) is 0 Å². The highest BCUT2D eigenvalue weighted by atomic mass is 32.2. The van der Waals surface area contributed by atoms with Gasteiger partial charge in [0.15, 0.2) is 0 Å². The summed E-state index contributed by atoms with van der Waals surface area (Å²) in [7, 11) is -2.29. The second kappa shape index (κ2) is 5.83. The second-order valence-electron chi connectivity index (χ2n) is 5.81. The van der Waals surface area contributed by atoms with Crippen LogP contribution in [-0.2, 0) is 21.2 Å². The van der Waals surface area contributed by atoms with Crippen molar-refractivity contribution in [2.45, 2.75) is 25.2 Å². The molecule has 0 bridgehead atoms. The second-order valence-corrected chi connectivity index (χ2v) is 7.49. The Morgan fingerprint density at radius 2 is 1.92 bits per heavy atom. The summed E-state index contributed by atoms with van der Waals surface area (Å²) < 4.78 is 33.3. The van der Waals surface area contributed by atoms with E-state index in [0.717, 1.165) is 11.1 Å². The van der Waals surface area contributed by atoms with E-state index in [1.54, 1.807) is 12.1 Å². The molecule has 0 saturated heterocycles. The number of amides is 1. The lowest BCUT2D eigenvalue weighted by atomic mass is 10.1. The number of hydrogen-bond donors (Lipinski definition) is 2. The van der Waals surface area contributed by atoms with E-state index in [2.05, 4.69) is 10.0 Å².